The van der Waals surface area contributed by atoms with Crippen molar-refractivity contribution in [2.75, 3.05) is 4.72 Å². The standard InChI is InChI=1S/C17H21N3O3S/c1-11-9-12-10-13(5-6-14(12)23-11)24(21,22)20-16-8-7-15(18-19-16)17(2,3)4/h5-8,10-11H,9H2,1-4H3,(H,19,20)/t11-/m1/s1. The van der Waals surface area contributed by atoms with Gasteiger partial charge in [-0.1, -0.05) is 20.8 Å². The largest absolute Gasteiger partial charge is 0.490 e. The van der Waals surface area contributed by atoms with Crippen molar-refractivity contribution in [1.29, 1.82) is 0 Å². The maximum Gasteiger partial charge on any atom is 0.263 e. The number of anilines is 1. The van der Waals surface area contributed by atoms with Crippen LogP contribution in [0.2, 0.25) is 0 Å². The molecule has 1 aromatic heterocycles. The van der Waals surface area contributed by atoms with E-state index in [-0.39, 0.29) is 22.2 Å². The average Bonchev–Trinajstić information content (AvgIpc) is 2.85. The Bertz CT molecular complexity index is 856. The van der Waals surface area contributed by atoms with Crippen molar-refractivity contribution in [3.05, 3.63) is 41.6 Å². The van der Waals surface area contributed by atoms with E-state index in [0.717, 1.165) is 17.0 Å². The first-order valence-corrected chi connectivity index (χ1v) is 9.30. The lowest BCUT2D eigenvalue weighted by molar-refractivity contribution is 0.254. The summed E-state index contributed by atoms with van der Waals surface area (Å²) in [5.41, 5.74) is 1.56. The molecule has 0 radical (unpaired) electrons. The number of nitrogens with zero attached hydrogens (tertiary/aromatic N) is 2. The maximum atomic E-state index is 12.5. The fourth-order valence-corrected chi connectivity index (χ4v) is 3.60. The summed E-state index contributed by atoms with van der Waals surface area (Å²) in [5.74, 6) is 0.948. The summed E-state index contributed by atoms with van der Waals surface area (Å²) in [6.45, 7) is 8.02. The van der Waals surface area contributed by atoms with Crippen LogP contribution >= 0.6 is 0 Å². The molecule has 0 unspecified atom stereocenters. The number of ether oxygens (including phenoxy) is 1. The highest BCUT2D eigenvalue weighted by Gasteiger charge is 2.23. The molecular weight excluding hydrogens is 326 g/mol. The van der Waals surface area contributed by atoms with Gasteiger partial charge in [-0.2, -0.15) is 5.10 Å². The fourth-order valence-electron chi connectivity index (χ4n) is 2.55. The van der Waals surface area contributed by atoms with E-state index in [1.807, 2.05) is 27.7 Å². The second-order valence-electron chi connectivity index (χ2n) is 7.06. The molecule has 3 rings (SSSR count). The van der Waals surface area contributed by atoms with Gasteiger partial charge in [-0.15, -0.1) is 5.10 Å². The molecule has 2 heterocycles. The van der Waals surface area contributed by atoms with E-state index in [9.17, 15) is 8.42 Å². The molecule has 1 aliphatic rings. The Morgan fingerprint density at radius 3 is 2.54 bits per heavy atom. The molecule has 128 valence electrons. The van der Waals surface area contributed by atoms with Gasteiger partial charge in [0.2, 0.25) is 0 Å². The van der Waals surface area contributed by atoms with Crippen LogP contribution in [0.1, 0.15) is 39.0 Å². The monoisotopic (exact) mass is 347 g/mol. The fraction of sp³-hybridized carbons (Fsp3) is 0.412. The van der Waals surface area contributed by atoms with Crippen molar-refractivity contribution >= 4 is 15.8 Å². The Morgan fingerprint density at radius 2 is 1.92 bits per heavy atom. The lowest BCUT2D eigenvalue weighted by Crippen LogP contribution is -2.17. The van der Waals surface area contributed by atoms with Crippen LogP contribution in [0.3, 0.4) is 0 Å². The molecule has 6 nitrogen and oxygen atoms in total. The molecule has 0 spiro atoms. The minimum atomic E-state index is -3.71. The number of fused-ring (bicyclic) bond motifs is 1. The van der Waals surface area contributed by atoms with Gasteiger partial charge in [-0.3, -0.25) is 4.72 Å². The quantitative estimate of drug-likeness (QED) is 0.923. The highest BCUT2D eigenvalue weighted by atomic mass is 32.2. The second-order valence-corrected chi connectivity index (χ2v) is 8.74. The Balaban J connectivity index is 1.83. The first kappa shape index (κ1) is 16.7. The van der Waals surface area contributed by atoms with E-state index in [4.69, 9.17) is 4.74 Å². The molecule has 0 amide bonds. The molecule has 0 fully saturated rings. The molecule has 1 N–H and O–H groups in total. The molecule has 0 aliphatic carbocycles. The molecule has 0 saturated heterocycles. The maximum absolute atomic E-state index is 12.5. The van der Waals surface area contributed by atoms with Gasteiger partial charge in [0.15, 0.2) is 5.82 Å². The van der Waals surface area contributed by atoms with Crippen molar-refractivity contribution in [1.82, 2.24) is 10.2 Å². The lowest BCUT2D eigenvalue weighted by atomic mass is 9.92. The summed E-state index contributed by atoms with van der Waals surface area (Å²) in [4.78, 5) is 0.195. The van der Waals surface area contributed by atoms with Crippen molar-refractivity contribution in [2.45, 2.75) is 50.5 Å². The number of sulfonamides is 1. The highest BCUT2D eigenvalue weighted by Crippen LogP contribution is 2.31. The Hall–Kier alpha value is -2.15. The highest BCUT2D eigenvalue weighted by molar-refractivity contribution is 7.92. The van der Waals surface area contributed by atoms with Gasteiger partial charge >= 0.3 is 0 Å². The number of benzene rings is 1. The molecular formula is C17H21N3O3S. The topological polar surface area (TPSA) is 81.2 Å². The minimum absolute atomic E-state index is 0.0710. The van der Waals surface area contributed by atoms with Crippen LogP contribution in [-0.2, 0) is 21.9 Å². The zero-order valence-corrected chi connectivity index (χ0v) is 15.0. The number of hydrogen-bond acceptors (Lipinski definition) is 5. The van der Waals surface area contributed by atoms with Crippen LogP contribution in [0.25, 0.3) is 0 Å². The summed E-state index contributed by atoms with van der Waals surface area (Å²) >= 11 is 0. The van der Waals surface area contributed by atoms with Crippen molar-refractivity contribution in [2.24, 2.45) is 0 Å². The van der Waals surface area contributed by atoms with Crippen molar-refractivity contribution in [3.8, 4) is 5.75 Å². The summed E-state index contributed by atoms with van der Waals surface area (Å²) in [5, 5.41) is 8.07. The third-order valence-corrected chi connectivity index (χ3v) is 5.20. The number of aromatic nitrogens is 2. The molecule has 24 heavy (non-hydrogen) atoms. The Morgan fingerprint density at radius 1 is 1.17 bits per heavy atom. The van der Waals surface area contributed by atoms with Gasteiger partial charge in [-0.25, -0.2) is 8.42 Å². The van der Waals surface area contributed by atoms with E-state index in [1.165, 1.54) is 6.07 Å². The third-order valence-electron chi connectivity index (χ3n) is 3.85. The van der Waals surface area contributed by atoms with Gasteiger partial charge in [-0.05, 0) is 42.8 Å². The Kier molecular flexibility index (Phi) is 3.99. The predicted molar refractivity (Wildman–Crippen MR) is 91.8 cm³/mol. The zero-order valence-electron chi connectivity index (χ0n) is 14.2. The minimum Gasteiger partial charge on any atom is -0.490 e. The normalized spacial score (nSPS) is 17.2. The number of nitrogens with one attached hydrogen (secondary N) is 1. The van der Waals surface area contributed by atoms with Gasteiger partial charge < -0.3 is 4.74 Å². The van der Waals surface area contributed by atoms with Crippen LogP contribution in [0.15, 0.2) is 35.2 Å². The number of rotatable bonds is 3. The average molecular weight is 347 g/mol. The summed E-state index contributed by atoms with van der Waals surface area (Å²) in [7, 11) is -3.71. The van der Waals surface area contributed by atoms with Gasteiger partial charge in [0, 0.05) is 11.8 Å². The SMILES string of the molecule is C[C@@H]1Cc2cc(S(=O)(=O)Nc3ccc(C(C)(C)C)nn3)ccc2O1. The predicted octanol–water partition coefficient (Wildman–Crippen LogP) is 2.90. The summed E-state index contributed by atoms with van der Waals surface area (Å²) in [6, 6.07) is 8.29. The van der Waals surface area contributed by atoms with Crippen LogP contribution in [0.4, 0.5) is 5.82 Å². The molecule has 2 aromatic rings. The molecule has 7 heteroatoms. The zero-order chi connectivity index (χ0) is 17.5. The summed E-state index contributed by atoms with van der Waals surface area (Å²) < 4.78 is 33.2. The van der Waals surface area contributed by atoms with Crippen LogP contribution in [0, 0.1) is 0 Å². The van der Waals surface area contributed by atoms with Crippen molar-refractivity contribution < 1.29 is 13.2 Å². The lowest BCUT2D eigenvalue weighted by Gasteiger charge is -2.16. The van der Waals surface area contributed by atoms with E-state index in [1.54, 1.807) is 24.3 Å². The van der Waals surface area contributed by atoms with Crippen LogP contribution in [0.5, 0.6) is 5.75 Å². The van der Waals surface area contributed by atoms with Crippen LogP contribution in [-0.4, -0.2) is 24.7 Å². The van der Waals surface area contributed by atoms with Crippen LogP contribution < -0.4 is 9.46 Å². The summed E-state index contributed by atoms with van der Waals surface area (Å²) in [6.07, 6.45) is 0.778. The molecule has 1 atom stereocenters. The van der Waals surface area contributed by atoms with E-state index >= 15 is 0 Å². The first-order valence-electron chi connectivity index (χ1n) is 7.82. The molecule has 0 bridgehead atoms. The second kappa shape index (κ2) is 5.73. The smallest absolute Gasteiger partial charge is 0.263 e. The number of hydrogen-bond donors (Lipinski definition) is 1. The van der Waals surface area contributed by atoms with E-state index < -0.39 is 10.0 Å². The molecule has 0 saturated carbocycles. The Labute approximate surface area is 142 Å². The van der Waals surface area contributed by atoms with Crippen molar-refractivity contribution in [3.63, 3.8) is 0 Å². The molecule has 1 aromatic carbocycles. The van der Waals surface area contributed by atoms with E-state index in [0.29, 0.717) is 6.42 Å². The third kappa shape index (κ3) is 3.36. The van der Waals surface area contributed by atoms with Gasteiger partial charge in [0.25, 0.3) is 10.0 Å². The van der Waals surface area contributed by atoms with Gasteiger partial charge in [0.05, 0.1) is 10.6 Å². The molecule has 1 aliphatic heterocycles. The van der Waals surface area contributed by atoms with E-state index in [2.05, 4.69) is 14.9 Å². The van der Waals surface area contributed by atoms with Gasteiger partial charge in [0.1, 0.15) is 11.9 Å². The first-order chi connectivity index (χ1) is 11.1.